The molecule has 0 spiro atoms. The van der Waals surface area contributed by atoms with Crippen molar-refractivity contribution < 1.29 is 4.79 Å². The van der Waals surface area contributed by atoms with Crippen LogP contribution in [0.25, 0.3) is 10.4 Å². The zero-order chi connectivity index (χ0) is 14.4. The maximum absolute atomic E-state index is 12.6. The molecule has 0 aromatic rings. The Hall–Kier alpha value is -1.26. The second-order valence-electron chi connectivity index (χ2n) is 7.09. The summed E-state index contributed by atoms with van der Waals surface area (Å²) in [6.45, 7) is 3.39. The average molecular weight is 289 g/mol. The van der Waals surface area contributed by atoms with Crippen LogP contribution in [-0.2, 0) is 4.79 Å². The highest BCUT2D eigenvalue weighted by molar-refractivity contribution is 5.83. The van der Waals surface area contributed by atoms with Crippen LogP contribution in [0.2, 0.25) is 0 Å². The smallest absolute Gasteiger partial charge is 0.231 e. The molecule has 114 valence electrons. The van der Waals surface area contributed by atoms with Gasteiger partial charge >= 0.3 is 0 Å². The van der Waals surface area contributed by atoms with Gasteiger partial charge in [-0.25, -0.2) is 0 Å². The lowest BCUT2D eigenvalue weighted by molar-refractivity contribution is -0.152. The monoisotopic (exact) mass is 289 g/mol. The third-order valence-corrected chi connectivity index (χ3v) is 6.17. The van der Waals surface area contributed by atoms with Gasteiger partial charge in [-0.05, 0) is 69.0 Å². The zero-order valence-electron chi connectivity index (χ0n) is 12.4. The van der Waals surface area contributed by atoms with Crippen LogP contribution >= 0.6 is 0 Å². The van der Waals surface area contributed by atoms with Gasteiger partial charge in [-0.15, -0.1) is 0 Å². The van der Waals surface area contributed by atoms with Gasteiger partial charge in [0, 0.05) is 23.5 Å². The van der Waals surface area contributed by atoms with E-state index in [0.717, 1.165) is 19.4 Å². The SMILES string of the molecule is [N-]=[N+]=NC1CC[C@@H]2[C@H]3CCCN4CCC[C@@H](CN2C1=O)[C@H]34. The summed E-state index contributed by atoms with van der Waals surface area (Å²) in [5.74, 6) is 1.37. The molecule has 4 rings (SSSR count). The summed E-state index contributed by atoms with van der Waals surface area (Å²) < 4.78 is 0. The maximum atomic E-state index is 12.6. The quantitative estimate of drug-likeness (QED) is 0.421. The minimum Gasteiger partial charge on any atom is -0.339 e. The van der Waals surface area contributed by atoms with Crippen molar-refractivity contribution in [2.45, 2.75) is 56.7 Å². The van der Waals surface area contributed by atoms with Gasteiger partial charge in [-0.2, -0.15) is 0 Å². The van der Waals surface area contributed by atoms with E-state index in [9.17, 15) is 4.79 Å². The van der Waals surface area contributed by atoms with Crippen molar-refractivity contribution in [3.63, 3.8) is 0 Å². The first-order chi connectivity index (χ1) is 10.3. The molecule has 0 aromatic heterocycles. The molecule has 4 saturated heterocycles. The number of amides is 1. The Labute approximate surface area is 125 Å². The van der Waals surface area contributed by atoms with Crippen molar-refractivity contribution in [1.82, 2.24) is 9.80 Å². The van der Waals surface area contributed by atoms with Crippen molar-refractivity contribution in [3.8, 4) is 0 Å². The molecule has 4 fully saturated rings. The van der Waals surface area contributed by atoms with E-state index in [1.54, 1.807) is 0 Å². The first kappa shape index (κ1) is 13.4. The highest BCUT2D eigenvalue weighted by Gasteiger charge is 2.51. The molecule has 6 heteroatoms. The van der Waals surface area contributed by atoms with E-state index in [-0.39, 0.29) is 5.91 Å². The van der Waals surface area contributed by atoms with Crippen LogP contribution in [0, 0.1) is 11.8 Å². The highest BCUT2D eigenvalue weighted by Crippen LogP contribution is 2.44. The van der Waals surface area contributed by atoms with Crippen LogP contribution in [0.15, 0.2) is 5.11 Å². The van der Waals surface area contributed by atoms with Gasteiger partial charge in [0.25, 0.3) is 0 Å². The second kappa shape index (κ2) is 5.18. The van der Waals surface area contributed by atoms with Gasteiger partial charge in [-0.1, -0.05) is 5.11 Å². The molecule has 0 aromatic carbocycles. The van der Waals surface area contributed by atoms with Crippen LogP contribution in [-0.4, -0.2) is 53.5 Å². The summed E-state index contributed by atoms with van der Waals surface area (Å²) in [6.07, 6.45) is 6.79. The lowest BCUT2D eigenvalue weighted by Gasteiger charge is -2.59. The fourth-order valence-corrected chi connectivity index (χ4v) is 5.43. The van der Waals surface area contributed by atoms with Crippen LogP contribution in [0.4, 0.5) is 0 Å². The van der Waals surface area contributed by atoms with E-state index < -0.39 is 6.04 Å². The maximum Gasteiger partial charge on any atom is 0.231 e. The molecule has 1 unspecified atom stereocenters. The van der Waals surface area contributed by atoms with Gasteiger partial charge < -0.3 is 4.90 Å². The molecular formula is C15H23N5O. The zero-order valence-corrected chi connectivity index (χ0v) is 12.4. The summed E-state index contributed by atoms with van der Waals surface area (Å²) in [5, 5.41) is 3.72. The number of hydrogen-bond donors (Lipinski definition) is 0. The Morgan fingerprint density at radius 2 is 1.95 bits per heavy atom. The number of carbonyl (C=O) groups excluding carboxylic acids is 1. The third kappa shape index (κ3) is 2.04. The molecule has 4 aliphatic rings. The van der Waals surface area contributed by atoms with E-state index >= 15 is 0 Å². The lowest BCUT2D eigenvalue weighted by atomic mass is 9.68. The first-order valence-corrected chi connectivity index (χ1v) is 8.38. The molecule has 6 nitrogen and oxygen atoms in total. The van der Waals surface area contributed by atoms with Gasteiger partial charge in [0.05, 0.1) is 0 Å². The molecular weight excluding hydrogens is 266 g/mol. The first-order valence-electron chi connectivity index (χ1n) is 8.38. The Kier molecular flexibility index (Phi) is 3.31. The fourth-order valence-electron chi connectivity index (χ4n) is 5.43. The highest BCUT2D eigenvalue weighted by atomic mass is 16.2. The van der Waals surface area contributed by atoms with Crippen LogP contribution < -0.4 is 0 Å². The molecule has 1 amide bonds. The fraction of sp³-hybridized carbons (Fsp3) is 0.933. The van der Waals surface area contributed by atoms with Gasteiger partial charge in [0.1, 0.15) is 6.04 Å². The van der Waals surface area contributed by atoms with E-state index in [1.165, 1.54) is 38.8 Å². The topological polar surface area (TPSA) is 72.3 Å². The number of rotatable bonds is 1. The van der Waals surface area contributed by atoms with Gasteiger partial charge in [0.15, 0.2) is 0 Å². The molecule has 0 radical (unpaired) electrons. The molecule has 21 heavy (non-hydrogen) atoms. The normalized spacial score (nSPS) is 42.8. The molecule has 0 saturated carbocycles. The Balaban J connectivity index is 1.62. The standard InChI is InChI=1S/C15H23N5O/c16-18-17-12-5-6-13-11-4-2-8-19-7-1-3-10(14(11)19)9-20(13)15(12)21/h10-14H,1-9H2/t10-,11+,12?,13+,14+/m0/s1. The second-order valence-corrected chi connectivity index (χ2v) is 7.09. The molecule has 5 atom stereocenters. The number of fused-ring (bicyclic) bond motifs is 2. The number of piperidine rings is 4. The average Bonchev–Trinajstić information content (AvgIpc) is 2.51. The van der Waals surface area contributed by atoms with E-state index in [2.05, 4.69) is 19.8 Å². The van der Waals surface area contributed by atoms with Gasteiger partial charge in [-0.3, -0.25) is 9.69 Å². The largest absolute Gasteiger partial charge is 0.339 e. The summed E-state index contributed by atoms with van der Waals surface area (Å²) >= 11 is 0. The van der Waals surface area contributed by atoms with Crippen LogP contribution in [0.3, 0.4) is 0 Å². The minimum atomic E-state index is -0.453. The number of nitrogens with zero attached hydrogens (tertiary/aromatic N) is 5. The number of carbonyl (C=O) groups is 1. The molecule has 4 heterocycles. The van der Waals surface area contributed by atoms with Crippen LogP contribution in [0.5, 0.6) is 0 Å². The Morgan fingerprint density at radius 3 is 2.76 bits per heavy atom. The van der Waals surface area contributed by atoms with E-state index in [4.69, 9.17) is 5.53 Å². The predicted molar refractivity (Wildman–Crippen MR) is 78.5 cm³/mol. The lowest BCUT2D eigenvalue weighted by Crippen LogP contribution is -2.67. The Bertz CT molecular complexity index is 486. The Morgan fingerprint density at radius 1 is 1.14 bits per heavy atom. The van der Waals surface area contributed by atoms with Crippen LogP contribution in [0.1, 0.15) is 38.5 Å². The van der Waals surface area contributed by atoms with Crippen molar-refractivity contribution in [3.05, 3.63) is 10.4 Å². The van der Waals surface area contributed by atoms with Crippen molar-refractivity contribution in [1.29, 1.82) is 0 Å². The predicted octanol–water partition coefficient (Wildman–Crippen LogP) is 2.16. The number of hydrogen-bond acceptors (Lipinski definition) is 3. The van der Waals surface area contributed by atoms with E-state index in [0.29, 0.717) is 23.9 Å². The molecule has 0 N–H and O–H groups in total. The van der Waals surface area contributed by atoms with Crippen molar-refractivity contribution >= 4 is 5.91 Å². The molecule has 0 bridgehead atoms. The minimum absolute atomic E-state index is 0.0881. The number of azide groups is 1. The summed E-state index contributed by atoms with van der Waals surface area (Å²) in [5.41, 5.74) is 8.64. The summed E-state index contributed by atoms with van der Waals surface area (Å²) in [7, 11) is 0. The molecule has 0 aliphatic carbocycles. The molecule has 4 aliphatic heterocycles. The summed E-state index contributed by atoms with van der Waals surface area (Å²) in [4.78, 5) is 20.3. The van der Waals surface area contributed by atoms with Gasteiger partial charge in [0.2, 0.25) is 5.91 Å². The third-order valence-electron chi connectivity index (χ3n) is 6.17. The van der Waals surface area contributed by atoms with Crippen molar-refractivity contribution in [2.75, 3.05) is 19.6 Å². The summed E-state index contributed by atoms with van der Waals surface area (Å²) in [6, 6.07) is 0.647. The van der Waals surface area contributed by atoms with E-state index in [1.807, 2.05) is 0 Å². The van der Waals surface area contributed by atoms with Crippen molar-refractivity contribution in [2.24, 2.45) is 17.0 Å².